The average Bonchev–Trinajstić information content (AvgIpc) is 2.45. The van der Waals surface area contributed by atoms with Gasteiger partial charge in [0, 0.05) is 11.6 Å². The molecule has 0 unspecified atom stereocenters. The summed E-state index contributed by atoms with van der Waals surface area (Å²) >= 11 is 0. The Morgan fingerprint density at radius 1 is 1.05 bits per heavy atom. The SMILES string of the molecule is O=C(O)/C=C/c1cc(O)c(O)cc1-c1nc(F)c(F)c(F)n1. The molecular formula is C13H7F3N2O4. The molecule has 0 amide bonds. The number of aliphatic carboxylic acids is 1. The third kappa shape index (κ3) is 2.97. The van der Waals surface area contributed by atoms with E-state index in [1.165, 1.54) is 0 Å². The monoisotopic (exact) mass is 312 g/mol. The van der Waals surface area contributed by atoms with Gasteiger partial charge in [-0.25, -0.2) is 4.79 Å². The van der Waals surface area contributed by atoms with Crippen molar-refractivity contribution >= 4 is 12.0 Å². The smallest absolute Gasteiger partial charge is 0.328 e. The van der Waals surface area contributed by atoms with Crippen molar-refractivity contribution < 1.29 is 33.3 Å². The Kier molecular flexibility index (Phi) is 3.97. The van der Waals surface area contributed by atoms with Gasteiger partial charge in [0.15, 0.2) is 17.3 Å². The van der Waals surface area contributed by atoms with Gasteiger partial charge in [-0.2, -0.15) is 23.1 Å². The van der Waals surface area contributed by atoms with E-state index in [0.29, 0.717) is 6.08 Å². The zero-order valence-corrected chi connectivity index (χ0v) is 10.6. The van der Waals surface area contributed by atoms with E-state index >= 15 is 0 Å². The first-order valence-corrected chi connectivity index (χ1v) is 5.65. The van der Waals surface area contributed by atoms with Crippen molar-refractivity contribution in [2.75, 3.05) is 0 Å². The van der Waals surface area contributed by atoms with E-state index in [2.05, 4.69) is 9.97 Å². The molecule has 0 bridgehead atoms. The Morgan fingerprint density at radius 3 is 2.14 bits per heavy atom. The molecule has 0 aliphatic heterocycles. The predicted molar refractivity (Wildman–Crippen MR) is 67.3 cm³/mol. The molecule has 1 aromatic heterocycles. The molecule has 9 heteroatoms. The van der Waals surface area contributed by atoms with E-state index in [-0.39, 0.29) is 11.1 Å². The number of carboxylic acids is 1. The molecule has 6 nitrogen and oxygen atoms in total. The van der Waals surface area contributed by atoms with Gasteiger partial charge in [0.2, 0.25) is 5.82 Å². The molecular weight excluding hydrogens is 305 g/mol. The lowest BCUT2D eigenvalue weighted by molar-refractivity contribution is -0.131. The highest BCUT2D eigenvalue weighted by Gasteiger charge is 2.18. The standard InChI is InChI=1S/C13H7F3N2O4/c14-10-11(15)17-13(18-12(10)16)6-4-8(20)7(19)3-5(6)1-2-9(21)22/h1-4,19-20H,(H,21,22)/b2-1+. The van der Waals surface area contributed by atoms with Gasteiger partial charge in [-0.05, 0) is 23.8 Å². The van der Waals surface area contributed by atoms with Gasteiger partial charge in [0.25, 0.3) is 11.9 Å². The molecule has 1 aromatic carbocycles. The van der Waals surface area contributed by atoms with Crippen LogP contribution in [-0.2, 0) is 4.79 Å². The highest BCUT2D eigenvalue weighted by Crippen LogP contribution is 2.34. The van der Waals surface area contributed by atoms with Gasteiger partial charge in [0.05, 0.1) is 0 Å². The van der Waals surface area contributed by atoms with E-state index in [4.69, 9.17) is 5.11 Å². The molecule has 0 radical (unpaired) electrons. The van der Waals surface area contributed by atoms with Crippen LogP contribution in [0.2, 0.25) is 0 Å². The summed E-state index contributed by atoms with van der Waals surface area (Å²) < 4.78 is 39.2. The summed E-state index contributed by atoms with van der Waals surface area (Å²) in [6, 6.07) is 1.80. The number of hydrogen-bond acceptors (Lipinski definition) is 5. The maximum Gasteiger partial charge on any atom is 0.328 e. The second-order valence-corrected chi connectivity index (χ2v) is 4.04. The van der Waals surface area contributed by atoms with Crippen LogP contribution in [0, 0.1) is 17.7 Å². The summed E-state index contributed by atoms with van der Waals surface area (Å²) in [5.41, 5.74) is -0.256. The average molecular weight is 312 g/mol. The largest absolute Gasteiger partial charge is 0.504 e. The van der Waals surface area contributed by atoms with Crippen LogP contribution in [-0.4, -0.2) is 31.3 Å². The number of benzene rings is 1. The molecule has 114 valence electrons. The van der Waals surface area contributed by atoms with Crippen LogP contribution in [0.5, 0.6) is 11.5 Å². The topological polar surface area (TPSA) is 104 Å². The van der Waals surface area contributed by atoms with Crippen LogP contribution in [0.15, 0.2) is 18.2 Å². The summed E-state index contributed by atoms with van der Waals surface area (Å²) in [6.07, 6.45) is 1.67. The predicted octanol–water partition coefficient (Wildman–Crippen LogP) is 2.07. The fourth-order valence-electron chi connectivity index (χ4n) is 1.60. The lowest BCUT2D eigenvalue weighted by Gasteiger charge is -2.08. The van der Waals surface area contributed by atoms with Gasteiger partial charge in [-0.1, -0.05) is 0 Å². The van der Waals surface area contributed by atoms with E-state index in [1.54, 1.807) is 0 Å². The molecule has 0 saturated carbocycles. The Hall–Kier alpha value is -3.10. The van der Waals surface area contributed by atoms with Gasteiger partial charge in [0.1, 0.15) is 0 Å². The maximum absolute atomic E-state index is 13.2. The van der Waals surface area contributed by atoms with Crippen LogP contribution in [0.25, 0.3) is 17.5 Å². The van der Waals surface area contributed by atoms with Crippen molar-refractivity contribution in [1.82, 2.24) is 9.97 Å². The van der Waals surface area contributed by atoms with Crippen LogP contribution in [0.1, 0.15) is 5.56 Å². The Balaban J connectivity index is 2.68. The number of carbonyl (C=O) groups is 1. The number of phenolic OH excluding ortho intramolecular Hbond substituents is 2. The third-order valence-electron chi connectivity index (χ3n) is 2.56. The first kappa shape index (κ1) is 15.3. The Morgan fingerprint density at radius 2 is 1.59 bits per heavy atom. The van der Waals surface area contributed by atoms with Gasteiger partial charge >= 0.3 is 5.97 Å². The minimum absolute atomic E-state index is 0.0527. The van der Waals surface area contributed by atoms with Crippen molar-refractivity contribution in [2.24, 2.45) is 0 Å². The fourth-order valence-corrected chi connectivity index (χ4v) is 1.60. The number of nitrogens with zero attached hydrogens (tertiary/aromatic N) is 2. The van der Waals surface area contributed by atoms with E-state index in [1.807, 2.05) is 0 Å². The van der Waals surface area contributed by atoms with Crippen LogP contribution in [0.4, 0.5) is 13.2 Å². The van der Waals surface area contributed by atoms with Crippen molar-refractivity contribution in [3.63, 3.8) is 0 Å². The molecule has 1 heterocycles. The normalized spacial score (nSPS) is 11.0. The van der Waals surface area contributed by atoms with E-state index < -0.39 is 41.0 Å². The molecule has 2 rings (SSSR count). The van der Waals surface area contributed by atoms with Gasteiger partial charge in [-0.3, -0.25) is 0 Å². The number of aromatic hydroxyl groups is 2. The first-order chi connectivity index (χ1) is 10.3. The van der Waals surface area contributed by atoms with Crippen LogP contribution < -0.4 is 0 Å². The molecule has 0 aliphatic rings. The maximum atomic E-state index is 13.2. The molecule has 22 heavy (non-hydrogen) atoms. The number of carboxylic acid groups (broad SMARTS) is 1. The number of aromatic nitrogens is 2. The molecule has 0 saturated heterocycles. The minimum atomic E-state index is -1.87. The van der Waals surface area contributed by atoms with Gasteiger partial charge in [-0.15, -0.1) is 0 Å². The fraction of sp³-hybridized carbons (Fsp3) is 0. The summed E-state index contributed by atoms with van der Waals surface area (Å²) in [4.78, 5) is 16.7. The summed E-state index contributed by atoms with van der Waals surface area (Å²) in [6.45, 7) is 0. The van der Waals surface area contributed by atoms with Crippen LogP contribution in [0.3, 0.4) is 0 Å². The number of halogens is 3. The van der Waals surface area contributed by atoms with Crippen molar-refractivity contribution in [2.45, 2.75) is 0 Å². The quantitative estimate of drug-likeness (QED) is 0.455. The highest BCUT2D eigenvalue weighted by molar-refractivity contribution is 5.87. The Bertz CT molecular complexity index is 770. The second-order valence-electron chi connectivity index (χ2n) is 4.04. The Labute approximate surface area is 120 Å². The lowest BCUT2D eigenvalue weighted by atomic mass is 10.0. The number of phenols is 2. The zero-order chi connectivity index (χ0) is 16.4. The molecule has 0 atom stereocenters. The minimum Gasteiger partial charge on any atom is -0.504 e. The molecule has 0 fully saturated rings. The van der Waals surface area contributed by atoms with Crippen molar-refractivity contribution in [3.05, 3.63) is 41.5 Å². The number of rotatable bonds is 3. The summed E-state index contributed by atoms with van der Waals surface area (Å²) in [5.74, 6) is -8.57. The highest BCUT2D eigenvalue weighted by atomic mass is 19.2. The second kappa shape index (κ2) is 5.72. The molecule has 0 aliphatic carbocycles. The summed E-state index contributed by atoms with van der Waals surface area (Å²) in [7, 11) is 0. The molecule has 3 N–H and O–H groups in total. The van der Waals surface area contributed by atoms with Crippen LogP contribution >= 0.6 is 0 Å². The van der Waals surface area contributed by atoms with E-state index in [9.17, 15) is 28.2 Å². The lowest BCUT2D eigenvalue weighted by Crippen LogP contribution is -2.02. The summed E-state index contributed by atoms with van der Waals surface area (Å²) in [5, 5.41) is 27.4. The van der Waals surface area contributed by atoms with E-state index in [0.717, 1.165) is 18.2 Å². The van der Waals surface area contributed by atoms with Gasteiger partial charge < -0.3 is 15.3 Å². The van der Waals surface area contributed by atoms with Crippen molar-refractivity contribution in [3.8, 4) is 22.9 Å². The molecule has 0 spiro atoms. The zero-order valence-electron chi connectivity index (χ0n) is 10.6. The van der Waals surface area contributed by atoms with Crippen molar-refractivity contribution in [1.29, 1.82) is 0 Å². The molecule has 2 aromatic rings. The first-order valence-electron chi connectivity index (χ1n) is 5.65. The number of hydrogen-bond donors (Lipinski definition) is 3. The third-order valence-corrected chi connectivity index (χ3v) is 2.56.